The SMILES string of the molecule is CCCOC1CCC(CCC2COC(OC(=O)C(F)(F)F)OC2)CC1. The Hall–Kier alpha value is -0.860. The Balaban J connectivity index is 1.58. The average Bonchev–Trinajstić information content (AvgIpc) is 2.59. The third-order valence-corrected chi connectivity index (χ3v) is 4.71. The van der Waals surface area contributed by atoms with Crippen molar-refractivity contribution in [3.05, 3.63) is 0 Å². The molecule has 8 heteroatoms. The van der Waals surface area contributed by atoms with E-state index < -0.39 is 18.6 Å². The van der Waals surface area contributed by atoms with Crippen molar-refractivity contribution in [3.8, 4) is 0 Å². The van der Waals surface area contributed by atoms with Gasteiger partial charge in [-0.3, -0.25) is 0 Å². The van der Waals surface area contributed by atoms with Crippen LogP contribution >= 0.6 is 0 Å². The van der Waals surface area contributed by atoms with Crippen LogP contribution in [0.15, 0.2) is 0 Å². The zero-order valence-corrected chi connectivity index (χ0v) is 14.6. The molecule has 2 fully saturated rings. The van der Waals surface area contributed by atoms with Gasteiger partial charge in [-0.15, -0.1) is 0 Å². The van der Waals surface area contributed by atoms with Gasteiger partial charge >= 0.3 is 18.6 Å². The predicted molar refractivity (Wildman–Crippen MR) is 82.6 cm³/mol. The number of rotatable bonds is 7. The van der Waals surface area contributed by atoms with Gasteiger partial charge in [0.2, 0.25) is 0 Å². The van der Waals surface area contributed by atoms with E-state index in [2.05, 4.69) is 11.7 Å². The molecule has 146 valence electrons. The van der Waals surface area contributed by atoms with E-state index in [1.807, 2.05) is 0 Å². The van der Waals surface area contributed by atoms with Gasteiger partial charge in [-0.05, 0) is 44.4 Å². The predicted octanol–water partition coefficient (Wildman–Crippen LogP) is 3.80. The lowest BCUT2D eigenvalue weighted by Gasteiger charge is -2.31. The molecular formula is C17H27F3O5. The Labute approximate surface area is 146 Å². The maximum absolute atomic E-state index is 12.1. The fourth-order valence-corrected chi connectivity index (χ4v) is 3.26. The largest absolute Gasteiger partial charge is 0.491 e. The Morgan fingerprint density at radius 2 is 1.64 bits per heavy atom. The fraction of sp³-hybridized carbons (Fsp3) is 0.941. The topological polar surface area (TPSA) is 54.0 Å². The van der Waals surface area contributed by atoms with Gasteiger partial charge in [0, 0.05) is 12.5 Å². The van der Waals surface area contributed by atoms with E-state index in [4.69, 9.17) is 14.2 Å². The number of alkyl halides is 3. The molecule has 5 nitrogen and oxygen atoms in total. The first-order valence-electron chi connectivity index (χ1n) is 9.01. The molecule has 0 aromatic carbocycles. The zero-order valence-electron chi connectivity index (χ0n) is 14.6. The van der Waals surface area contributed by atoms with E-state index in [9.17, 15) is 18.0 Å². The Morgan fingerprint density at radius 3 is 2.20 bits per heavy atom. The van der Waals surface area contributed by atoms with Crippen LogP contribution < -0.4 is 0 Å². The van der Waals surface area contributed by atoms with Crippen LogP contribution in [0.3, 0.4) is 0 Å². The molecule has 1 saturated heterocycles. The highest BCUT2D eigenvalue weighted by Crippen LogP contribution is 2.31. The van der Waals surface area contributed by atoms with Crippen LogP contribution in [-0.4, -0.2) is 44.5 Å². The summed E-state index contributed by atoms with van der Waals surface area (Å²) in [4.78, 5) is 10.7. The average molecular weight is 368 g/mol. The van der Waals surface area contributed by atoms with E-state index in [1.54, 1.807) is 0 Å². The smallest absolute Gasteiger partial charge is 0.404 e. The van der Waals surface area contributed by atoms with Crippen molar-refractivity contribution in [2.75, 3.05) is 19.8 Å². The molecule has 0 N–H and O–H groups in total. The second-order valence-electron chi connectivity index (χ2n) is 6.82. The second-order valence-corrected chi connectivity index (χ2v) is 6.82. The standard InChI is InChI=1S/C17H27F3O5/c1-2-9-22-14-7-5-12(6-8-14)3-4-13-10-23-16(24-11-13)25-15(21)17(18,19)20/h12-14,16H,2-11H2,1H3. The molecule has 2 aliphatic rings. The first-order valence-corrected chi connectivity index (χ1v) is 9.01. The summed E-state index contributed by atoms with van der Waals surface area (Å²) in [5, 5.41) is 0. The molecule has 0 aromatic heterocycles. The van der Waals surface area contributed by atoms with Crippen molar-refractivity contribution in [3.63, 3.8) is 0 Å². The molecule has 1 aliphatic carbocycles. The summed E-state index contributed by atoms with van der Waals surface area (Å²) in [5.74, 6) is -1.52. The number of carbonyl (C=O) groups is 1. The van der Waals surface area contributed by atoms with Crippen molar-refractivity contribution in [1.29, 1.82) is 0 Å². The molecule has 0 amide bonds. The minimum absolute atomic E-state index is 0.120. The molecule has 0 atom stereocenters. The summed E-state index contributed by atoms with van der Waals surface area (Å²) < 4.78 is 56.4. The molecule has 2 rings (SSSR count). The van der Waals surface area contributed by atoms with Crippen LogP contribution in [-0.2, 0) is 23.7 Å². The number of halogens is 3. The number of hydrogen-bond donors (Lipinski definition) is 0. The van der Waals surface area contributed by atoms with Gasteiger partial charge in [0.25, 0.3) is 0 Å². The molecule has 0 unspecified atom stereocenters. The lowest BCUT2D eigenvalue weighted by molar-refractivity contribution is -0.321. The number of esters is 1. The molecular weight excluding hydrogens is 341 g/mol. The van der Waals surface area contributed by atoms with Gasteiger partial charge in [-0.1, -0.05) is 13.3 Å². The van der Waals surface area contributed by atoms with E-state index in [0.29, 0.717) is 12.0 Å². The van der Waals surface area contributed by atoms with Crippen LogP contribution in [0.1, 0.15) is 51.9 Å². The molecule has 0 spiro atoms. The number of ether oxygens (including phenoxy) is 4. The van der Waals surface area contributed by atoms with Crippen molar-refractivity contribution in [1.82, 2.24) is 0 Å². The summed E-state index contributed by atoms with van der Waals surface area (Å²) in [5.41, 5.74) is 0. The first-order chi connectivity index (χ1) is 11.9. The lowest BCUT2D eigenvalue weighted by Crippen LogP contribution is -2.38. The normalized spacial score (nSPS) is 30.9. The number of carbonyl (C=O) groups excluding carboxylic acids is 1. The highest BCUT2D eigenvalue weighted by atomic mass is 19.4. The van der Waals surface area contributed by atoms with Gasteiger partial charge in [0.05, 0.1) is 19.3 Å². The summed E-state index contributed by atoms with van der Waals surface area (Å²) in [6, 6.07) is 0. The number of hydrogen-bond acceptors (Lipinski definition) is 5. The molecule has 1 aliphatic heterocycles. The van der Waals surface area contributed by atoms with Gasteiger partial charge in [0.15, 0.2) is 0 Å². The quantitative estimate of drug-likeness (QED) is 0.640. The monoisotopic (exact) mass is 368 g/mol. The third kappa shape index (κ3) is 7.11. The van der Waals surface area contributed by atoms with Gasteiger partial charge in [-0.25, -0.2) is 4.79 Å². The molecule has 1 saturated carbocycles. The van der Waals surface area contributed by atoms with Crippen molar-refractivity contribution in [2.45, 2.75) is 70.6 Å². The lowest BCUT2D eigenvalue weighted by atomic mass is 9.83. The van der Waals surface area contributed by atoms with E-state index in [1.165, 1.54) is 0 Å². The van der Waals surface area contributed by atoms with E-state index in [0.717, 1.165) is 51.6 Å². The van der Waals surface area contributed by atoms with Gasteiger partial charge in [0.1, 0.15) is 0 Å². The van der Waals surface area contributed by atoms with Crippen molar-refractivity contribution in [2.24, 2.45) is 11.8 Å². The fourth-order valence-electron chi connectivity index (χ4n) is 3.26. The first kappa shape index (κ1) is 20.5. The van der Waals surface area contributed by atoms with E-state index in [-0.39, 0.29) is 19.1 Å². The van der Waals surface area contributed by atoms with Gasteiger partial charge < -0.3 is 18.9 Å². The maximum atomic E-state index is 12.1. The Morgan fingerprint density at radius 1 is 1.04 bits per heavy atom. The van der Waals surface area contributed by atoms with Crippen LogP contribution in [0.25, 0.3) is 0 Å². The zero-order chi connectivity index (χ0) is 18.3. The van der Waals surface area contributed by atoms with Crippen molar-refractivity contribution < 1.29 is 36.9 Å². The molecule has 0 bridgehead atoms. The van der Waals surface area contributed by atoms with Crippen LogP contribution in [0.4, 0.5) is 13.2 Å². The van der Waals surface area contributed by atoms with Gasteiger partial charge in [-0.2, -0.15) is 13.2 Å². The third-order valence-electron chi connectivity index (χ3n) is 4.71. The van der Waals surface area contributed by atoms with Crippen LogP contribution in [0.5, 0.6) is 0 Å². The summed E-state index contributed by atoms with van der Waals surface area (Å²) in [6.07, 6.45) is 2.82. The Kier molecular flexibility index (Phi) is 7.96. The molecule has 1 heterocycles. The summed E-state index contributed by atoms with van der Waals surface area (Å²) in [7, 11) is 0. The van der Waals surface area contributed by atoms with E-state index >= 15 is 0 Å². The van der Waals surface area contributed by atoms with Crippen LogP contribution in [0.2, 0.25) is 0 Å². The molecule has 0 radical (unpaired) electrons. The summed E-state index contributed by atoms with van der Waals surface area (Å²) in [6.45, 7) is 1.85. The highest BCUT2D eigenvalue weighted by Gasteiger charge is 2.43. The Bertz CT molecular complexity index is 400. The second kappa shape index (κ2) is 9.73. The van der Waals surface area contributed by atoms with Crippen LogP contribution in [0, 0.1) is 11.8 Å². The molecule has 25 heavy (non-hydrogen) atoms. The maximum Gasteiger partial charge on any atom is 0.491 e. The highest BCUT2D eigenvalue weighted by molar-refractivity contribution is 5.75. The minimum atomic E-state index is -5.04. The summed E-state index contributed by atoms with van der Waals surface area (Å²) >= 11 is 0. The minimum Gasteiger partial charge on any atom is -0.404 e. The van der Waals surface area contributed by atoms with Crippen molar-refractivity contribution >= 4 is 5.97 Å². The molecule has 0 aromatic rings.